The fourth-order valence-electron chi connectivity index (χ4n) is 3.75. The number of nitrogens with zero attached hydrogens (tertiary/aromatic N) is 3. The second-order valence-corrected chi connectivity index (χ2v) is 7.77. The molecular weight excluding hydrogens is 413 g/mol. The maximum atomic E-state index is 12.9. The van der Waals surface area contributed by atoms with E-state index in [1.165, 1.54) is 11.7 Å². The van der Waals surface area contributed by atoms with Crippen LogP contribution in [0.1, 0.15) is 34.5 Å². The van der Waals surface area contributed by atoms with Crippen LogP contribution >= 0.6 is 0 Å². The average Bonchev–Trinajstić information content (AvgIpc) is 3.02. The molecule has 10 heteroatoms. The number of amides is 1. The van der Waals surface area contributed by atoms with Crippen molar-refractivity contribution >= 4 is 11.6 Å². The van der Waals surface area contributed by atoms with Crippen LogP contribution in [-0.2, 0) is 13.6 Å². The summed E-state index contributed by atoms with van der Waals surface area (Å²) in [6.45, 7) is 1.75. The minimum atomic E-state index is -4.44. The average molecular weight is 440 g/mol. The molecule has 170 valence electrons. The van der Waals surface area contributed by atoms with Crippen LogP contribution in [0.5, 0.6) is 5.88 Å². The van der Waals surface area contributed by atoms with Crippen LogP contribution in [0.25, 0.3) is 0 Å². The zero-order valence-corrected chi connectivity index (χ0v) is 17.6. The van der Waals surface area contributed by atoms with Gasteiger partial charge in [-0.15, -0.1) is 0 Å². The van der Waals surface area contributed by atoms with E-state index >= 15 is 0 Å². The number of ether oxygens (including phenoxy) is 1. The molecule has 3 rings (SSSR count). The highest BCUT2D eigenvalue weighted by Crippen LogP contribution is 2.26. The van der Waals surface area contributed by atoms with Gasteiger partial charge in [-0.05, 0) is 43.9 Å². The highest BCUT2D eigenvalue weighted by atomic mass is 19.4. The monoisotopic (exact) mass is 440 g/mol. The summed E-state index contributed by atoms with van der Waals surface area (Å²) < 4.78 is 43.9. The quantitative estimate of drug-likeness (QED) is 0.692. The number of aryl methyl sites for hydroxylation is 2. The Morgan fingerprint density at radius 3 is 2.87 bits per heavy atom. The SMILES string of the molecule is Cc1nn(C)c(OCC(F)(F)F)c1CNc1cccc(C(=O)N2CCCC(CO)C2)c1. The van der Waals surface area contributed by atoms with E-state index in [0.717, 1.165) is 12.8 Å². The lowest BCUT2D eigenvalue weighted by Crippen LogP contribution is -2.40. The van der Waals surface area contributed by atoms with Crippen LogP contribution < -0.4 is 10.1 Å². The lowest BCUT2D eigenvalue weighted by atomic mass is 9.98. The zero-order valence-electron chi connectivity index (χ0n) is 17.6. The molecule has 1 atom stereocenters. The normalized spacial score (nSPS) is 17.0. The maximum absolute atomic E-state index is 12.9. The highest BCUT2D eigenvalue weighted by molar-refractivity contribution is 5.95. The molecule has 1 saturated heterocycles. The number of aliphatic hydroxyl groups excluding tert-OH is 1. The summed E-state index contributed by atoms with van der Waals surface area (Å²) in [7, 11) is 1.53. The summed E-state index contributed by atoms with van der Waals surface area (Å²) in [4.78, 5) is 14.6. The molecule has 0 saturated carbocycles. The molecule has 0 radical (unpaired) electrons. The van der Waals surface area contributed by atoms with Crippen LogP contribution in [0, 0.1) is 12.8 Å². The van der Waals surface area contributed by atoms with Crippen molar-refractivity contribution < 1.29 is 27.8 Å². The smallest absolute Gasteiger partial charge is 0.422 e. The van der Waals surface area contributed by atoms with Gasteiger partial charge in [0.15, 0.2) is 6.61 Å². The van der Waals surface area contributed by atoms with Crippen LogP contribution in [0.4, 0.5) is 18.9 Å². The van der Waals surface area contributed by atoms with Crippen molar-refractivity contribution in [2.75, 3.05) is 31.6 Å². The van der Waals surface area contributed by atoms with E-state index in [9.17, 15) is 23.1 Å². The summed E-state index contributed by atoms with van der Waals surface area (Å²) >= 11 is 0. The first-order valence-corrected chi connectivity index (χ1v) is 10.1. The number of hydrogen-bond acceptors (Lipinski definition) is 5. The second kappa shape index (κ2) is 9.59. The van der Waals surface area contributed by atoms with Gasteiger partial charge >= 0.3 is 6.18 Å². The molecule has 7 nitrogen and oxygen atoms in total. The first-order valence-electron chi connectivity index (χ1n) is 10.1. The summed E-state index contributed by atoms with van der Waals surface area (Å²) in [5.41, 5.74) is 2.25. The third-order valence-electron chi connectivity index (χ3n) is 5.30. The second-order valence-electron chi connectivity index (χ2n) is 7.77. The van der Waals surface area contributed by atoms with Gasteiger partial charge in [-0.1, -0.05) is 6.07 Å². The molecule has 1 aliphatic rings. The summed E-state index contributed by atoms with van der Waals surface area (Å²) in [6.07, 6.45) is -2.68. The largest absolute Gasteiger partial charge is 0.468 e. The number of alkyl halides is 3. The van der Waals surface area contributed by atoms with E-state index in [1.54, 1.807) is 36.1 Å². The fourth-order valence-corrected chi connectivity index (χ4v) is 3.75. The number of hydrogen-bond donors (Lipinski definition) is 2. The minimum absolute atomic E-state index is 0.0536. The van der Waals surface area contributed by atoms with Crippen LogP contribution in [0.3, 0.4) is 0 Å². The Kier molecular flexibility index (Phi) is 7.09. The predicted molar refractivity (Wildman–Crippen MR) is 109 cm³/mol. The van der Waals surface area contributed by atoms with Gasteiger partial charge in [-0.25, -0.2) is 4.68 Å². The number of carbonyl (C=O) groups is 1. The highest BCUT2D eigenvalue weighted by Gasteiger charge is 2.30. The Labute approximate surface area is 178 Å². The Hall–Kier alpha value is -2.75. The summed E-state index contributed by atoms with van der Waals surface area (Å²) in [6, 6.07) is 6.97. The number of aliphatic hydroxyl groups is 1. The minimum Gasteiger partial charge on any atom is -0.468 e. The van der Waals surface area contributed by atoms with E-state index in [1.807, 2.05) is 0 Å². The topological polar surface area (TPSA) is 79.6 Å². The molecule has 2 heterocycles. The molecule has 0 spiro atoms. The van der Waals surface area contributed by atoms with Gasteiger partial charge in [-0.3, -0.25) is 4.79 Å². The third-order valence-corrected chi connectivity index (χ3v) is 5.30. The van der Waals surface area contributed by atoms with E-state index in [2.05, 4.69) is 10.4 Å². The number of nitrogens with one attached hydrogen (secondary N) is 1. The molecule has 2 N–H and O–H groups in total. The Morgan fingerprint density at radius 2 is 2.16 bits per heavy atom. The molecule has 2 aromatic rings. The van der Waals surface area contributed by atoms with Crippen molar-refractivity contribution in [2.24, 2.45) is 13.0 Å². The number of piperidine rings is 1. The predicted octanol–water partition coefficient (Wildman–Crippen LogP) is 3.13. The van der Waals surface area contributed by atoms with E-state index in [4.69, 9.17) is 4.74 Å². The van der Waals surface area contributed by atoms with Crippen molar-refractivity contribution in [1.82, 2.24) is 14.7 Å². The van der Waals surface area contributed by atoms with E-state index in [-0.39, 0.29) is 30.9 Å². The number of carbonyl (C=O) groups excluding carboxylic acids is 1. The number of aromatic nitrogens is 2. The van der Waals surface area contributed by atoms with Crippen molar-refractivity contribution in [3.8, 4) is 5.88 Å². The number of anilines is 1. The number of halogens is 3. The standard InChI is InChI=1S/C21H27F3N4O3/c1-14-18(20(27(2)26-14)31-13-21(22,23)24)10-25-17-7-3-6-16(9-17)19(30)28-8-4-5-15(11-28)12-29/h3,6-7,9,15,25,29H,4-5,8,10-13H2,1-2H3. The summed E-state index contributed by atoms with van der Waals surface area (Å²) in [5, 5.41) is 16.7. The van der Waals surface area contributed by atoms with Gasteiger partial charge in [0.25, 0.3) is 5.91 Å². The molecule has 1 amide bonds. The fraction of sp³-hybridized carbons (Fsp3) is 0.524. The lowest BCUT2D eigenvalue weighted by molar-refractivity contribution is -0.154. The molecule has 31 heavy (non-hydrogen) atoms. The van der Waals surface area contributed by atoms with Crippen molar-refractivity contribution in [2.45, 2.75) is 32.5 Å². The van der Waals surface area contributed by atoms with Gasteiger partial charge in [0.2, 0.25) is 5.88 Å². The lowest BCUT2D eigenvalue weighted by Gasteiger charge is -2.32. The van der Waals surface area contributed by atoms with Crippen molar-refractivity contribution in [3.05, 3.63) is 41.1 Å². The van der Waals surface area contributed by atoms with Crippen LogP contribution in [0.2, 0.25) is 0 Å². The van der Waals surface area contributed by atoms with Gasteiger partial charge < -0.3 is 20.1 Å². The number of rotatable bonds is 7. The zero-order chi connectivity index (χ0) is 22.6. The molecule has 1 fully saturated rings. The van der Waals surface area contributed by atoms with Gasteiger partial charge in [-0.2, -0.15) is 18.3 Å². The van der Waals surface area contributed by atoms with Crippen LogP contribution in [-0.4, -0.2) is 58.2 Å². The first-order chi connectivity index (χ1) is 14.7. The Bertz CT molecular complexity index is 914. The Morgan fingerprint density at radius 1 is 1.39 bits per heavy atom. The molecule has 0 bridgehead atoms. The van der Waals surface area contributed by atoms with Crippen molar-refractivity contribution in [3.63, 3.8) is 0 Å². The van der Waals surface area contributed by atoms with Crippen molar-refractivity contribution in [1.29, 1.82) is 0 Å². The first kappa shape index (κ1) is 22.9. The third kappa shape index (κ3) is 5.90. The molecule has 0 aliphatic carbocycles. The van der Waals surface area contributed by atoms with E-state index in [0.29, 0.717) is 35.6 Å². The van der Waals surface area contributed by atoms with E-state index < -0.39 is 12.8 Å². The molecule has 1 aliphatic heterocycles. The molecule has 1 aromatic carbocycles. The van der Waals surface area contributed by atoms with Gasteiger partial charge in [0.05, 0.1) is 11.3 Å². The molecular formula is C21H27F3N4O3. The van der Waals surface area contributed by atoms with Crippen LogP contribution in [0.15, 0.2) is 24.3 Å². The Balaban J connectivity index is 1.69. The van der Waals surface area contributed by atoms with Gasteiger partial charge in [0.1, 0.15) is 0 Å². The maximum Gasteiger partial charge on any atom is 0.422 e. The summed E-state index contributed by atoms with van der Waals surface area (Å²) in [5.74, 6) is 0.0501. The van der Waals surface area contributed by atoms with Gasteiger partial charge in [0, 0.05) is 44.5 Å². The molecule has 1 aromatic heterocycles. The number of benzene rings is 1. The number of likely N-dealkylation sites (tertiary alicyclic amines) is 1. The molecule has 1 unspecified atom stereocenters.